The Morgan fingerprint density at radius 3 is 2.59 bits per heavy atom. The average Bonchev–Trinajstić information content (AvgIpc) is 3.17. The quantitative estimate of drug-likeness (QED) is 0.146. The molecule has 1 unspecified atom stereocenters. The summed E-state index contributed by atoms with van der Waals surface area (Å²) in [6, 6.07) is 12.2. The molecule has 6 atom stereocenters. The average molecular weight is 590 g/mol. The molecule has 1 aliphatic rings. The van der Waals surface area contributed by atoms with Gasteiger partial charge in [-0.1, -0.05) is 42.5 Å². The van der Waals surface area contributed by atoms with E-state index in [-0.39, 0.29) is 5.75 Å². The van der Waals surface area contributed by atoms with E-state index in [1.807, 2.05) is 23.2 Å². The Bertz CT molecular complexity index is 1580. The molecule has 14 heteroatoms. The molecule has 0 radical (unpaired) electrons. The summed E-state index contributed by atoms with van der Waals surface area (Å²) >= 11 is 0. The first-order valence-electron chi connectivity index (χ1n) is 12.8. The lowest BCUT2D eigenvalue weighted by molar-refractivity contribution is -0.149. The number of nitrogens with one attached hydrogen (secondary N) is 2. The number of hydrogen-bond donors (Lipinski definition) is 4. The molecule has 2 heterocycles. The van der Waals surface area contributed by atoms with Gasteiger partial charge in [0.2, 0.25) is 0 Å². The highest BCUT2D eigenvalue weighted by Crippen LogP contribution is 2.49. The maximum atomic E-state index is 14.2. The summed E-state index contributed by atoms with van der Waals surface area (Å²) in [6.45, 7) is 7.72. The van der Waals surface area contributed by atoms with E-state index in [1.165, 1.54) is 6.92 Å². The van der Waals surface area contributed by atoms with E-state index in [0.717, 1.165) is 28.3 Å². The minimum Gasteiger partial charge on any atom is -0.462 e. The van der Waals surface area contributed by atoms with Gasteiger partial charge in [0.15, 0.2) is 6.23 Å². The molecule has 0 aliphatic carbocycles. The summed E-state index contributed by atoms with van der Waals surface area (Å²) in [5.74, 6) is -0.532. The van der Waals surface area contributed by atoms with E-state index in [4.69, 9.17) is 18.5 Å². The predicted molar refractivity (Wildman–Crippen MR) is 148 cm³/mol. The number of fused-ring (bicyclic) bond motifs is 1. The van der Waals surface area contributed by atoms with Crippen molar-refractivity contribution < 1.29 is 38.1 Å². The van der Waals surface area contributed by atoms with E-state index >= 15 is 0 Å². The molecule has 4 N–H and O–H groups in total. The van der Waals surface area contributed by atoms with Gasteiger partial charge in [0.1, 0.15) is 29.6 Å². The lowest BCUT2D eigenvalue weighted by Gasteiger charge is -2.31. The summed E-state index contributed by atoms with van der Waals surface area (Å²) in [7, 11) is -4.45. The maximum Gasteiger partial charge on any atom is 0.459 e. The predicted octanol–water partition coefficient (Wildman–Crippen LogP) is 2.00. The number of ether oxygens (including phenoxy) is 2. The molecular weight excluding hydrogens is 557 g/mol. The zero-order chi connectivity index (χ0) is 29.9. The second-order valence-electron chi connectivity index (χ2n) is 9.80. The number of carbonyl (C=O) groups is 1. The van der Waals surface area contributed by atoms with Crippen LogP contribution in [0.5, 0.6) is 5.75 Å². The lowest BCUT2D eigenvalue weighted by Crippen LogP contribution is -2.46. The number of aromatic amines is 1. The number of H-pyrrole nitrogens is 1. The van der Waals surface area contributed by atoms with Crippen molar-refractivity contribution in [1.82, 2.24) is 14.6 Å². The normalized spacial score (nSPS) is 24.6. The molecule has 41 heavy (non-hydrogen) atoms. The highest BCUT2D eigenvalue weighted by molar-refractivity contribution is 7.52. The zero-order valence-electron chi connectivity index (χ0n) is 22.6. The number of nitrogens with zero attached hydrogens (tertiary/aromatic N) is 1. The van der Waals surface area contributed by atoms with E-state index < -0.39 is 67.8 Å². The topological polar surface area (TPSA) is 178 Å². The third kappa shape index (κ3) is 6.51. The number of aliphatic hydroxyl groups is 2. The first-order valence-corrected chi connectivity index (χ1v) is 14.3. The number of esters is 1. The van der Waals surface area contributed by atoms with Gasteiger partial charge in [-0.2, -0.15) is 5.09 Å². The van der Waals surface area contributed by atoms with Crippen LogP contribution in [-0.4, -0.2) is 62.3 Å². The van der Waals surface area contributed by atoms with Crippen LogP contribution in [0.15, 0.2) is 77.0 Å². The third-order valence-corrected chi connectivity index (χ3v) is 8.02. The largest absolute Gasteiger partial charge is 0.462 e. The van der Waals surface area contributed by atoms with Crippen molar-refractivity contribution >= 4 is 24.5 Å². The maximum absolute atomic E-state index is 14.2. The number of carbonyl (C=O) groups excluding carboxylic acids is 1. The number of aliphatic hydroxyl groups excluding tert-OH is 2. The fraction of sp³-hybridized carbons (Fsp3) is 0.370. The summed E-state index contributed by atoms with van der Waals surface area (Å²) in [4.78, 5) is 38.4. The Labute approximate surface area is 234 Å². The number of hydrogen-bond acceptors (Lipinski definition) is 10. The SMILES string of the molecule is C=C[C@]1(COP(=O)(N[C@@H](C)C(=O)OC(C)C)Oc2cccc3ccccc23)O[C@@H](n2ccc(=O)[nH]c2=O)[C@H](O)[C@@H]1O. The Hall–Kier alpha value is -3.58. The molecule has 1 aliphatic heterocycles. The Morgan fingerprint density at radius 1 is 1.20 bits per heavy atom. The molecule has 1 fully saturated rings. The van der Waals surface area contributed by atoms with Gasteiger partial charge in [-0.3, -0.25) is 23.7 Å². The van der Waals surface area contributed by atoms with Gasteiger partial charge in [0.25, 0.3) is 5.56 Å². The van der Waals surface area contributed by atoms with E-state index in [0.29, 0.717) is 5.39 Å². The summed E-state index contributed by atoms with van der Waals surface area (Å²) < 4.78 is 37.7. The fourth-order valence-corrected chi connectivity index (χ4v) is 5.86. The third-order valence-electron chi connectivity index (χ3n) is 6.41. The second-order valence-corrected chi connectivity index (χ2v) is 11.5. The zero-order valence-corrected chi connectivity index (χ0v) is 23.5. The van der Waals surface area contributed by atoms with Gasteiger partial charge in [-0.05, 0) is 32.2 Å². The van der Waals surface area contributed by atoms with Crippen molar-refractivity contribution in [2.45, 2.75) is 57.0 Å². The number of benzene rings is 2. The van der Waals surface area contributed by atoms with Crippen LogP contribution >= 0.6 is 7.75 Å². The Morgan fingerprint density at radius 2 is 1.90 bits per heavy atom. The molecule has 13 nitrogen and oxygen atoms in total. The van der Waals surface area contributed by atoms with Crippen molar-refractivity contribution in [3.8, 4) is 5.75 Å². The van der Waals surface area contributed by atoms with E-state index in [9.17, 15) is 29.2 Å². The molecule has 1 saturated heterocycles. The first-order chi connectivity index (χ1) is 19.4. The van der Waals surface area contributed by atoms with Gasteiger partial charge in [0, 0.05) is 17.6 Å². The van der Waals surface area contributed by atoms with Gasteiger partial charge in [0.05, 0.1) is 12.7 Å². The summed E-state index contributed by atoms with van der Waals surface area (Å²) in [6.07, 6.45) is -3.05. The summed E-state index contributed by atoms with van der Waals surface area (Å²) in [5.41, 5.74) is -3.44. The van der Waals surface area contributed by atoms with Crippen LogP contribution in [0.3, 0.4) is 0 Å². The minimum atomic E-state index is -4.45. The van der Waals surface area contributed by atoms with Crippen LogP contribution in [0.25, 0.3) is 10.8 Å². The molecular formula is C27H32N3O10P. The molecule has 0 bridgehead atoms. The van der Waals surface area contributed by atoms with E-state index in [1.54, 1.807) is 38.1 Å². The van der Waals surface area contributed by atoms with Crippen LogP contribution in [-0.2, 0) is 23.4 Å². The fourth-order valence-electron chi connectivity index (χ4n) is 4.31. The molecule has 0 amide bonds. The van der Waals surface area contributed by atoms with Gasteiger partial charge < -0.3 is 24.2 Å². The van der Waals surface area contributed by atoms with Gasteiger partial charge in [-0.25, -0.2) is 9.36 Å². The van der Waals surface area contributed by atoms with Crippen LogP contribution in [0.1, 0.15) is 27.0 Å². The molecule has 1 aromatic heterocycles. The Kier molecular flexibility index (Phi) is 8.97. The van der Waals surface area contributed by atoms with E-state index in [2.05, 4.69) is 11.7 Å². The van der Waals surface area contributed by atoms with Gasteiger partial charge >= 0.3 is 19.4 Å². The van der Waals surface area contributed by atoms with Crippen LogP contribution in [0, 0.1) is 0 Å². The number of rotatable bonds is 11. The van der Waals surface area contributed by atoms with Crippen molar-refractivity contribution in [2.24, 2.45) is 0 Å². The highest BCUT2D eigenvalue weighted by atomic mass is 31.2. The van der Waals surface area contributed by atoms with Crippen LogP contribution < -0.4 is 20.9 Å². The summed E-state index contributed by atoms with van der Waals surface area (Å²) in [5, 5.41) is 25.7. The smallest absolute Gasteiger partial charge is 0.459 e. The molecule has 2 aromatic carbocycles. The second kappa shape index (κ2) is 12.1. The monoisotopic (exact) mass is 589 g/mol. The molecule has 3 aromatic rings. The standard InChI is InChI=1S/C27H32N3O10P/c1-5-27(23(33)22(32)24(39-27)30-14-13-21(31)28-26(30)35)15-37-41(36,29-17(4)25(34)38-16(2)3)40-20-12-8-10-18-9-6-7-11-19(18)20/h5-14,16-17,22-24,32-33H,1,15H2,2-4H3,(H,29,36)(H,28,31,35)/t17-,22+,23-,24+,27+,41?/m0/s1. The molecule has 0 saturated carbocycles. The van der Waals surface area contributed by atoms with Crippen molar-refractivity contribution in [3.63, 3.8) is 0 Å². The van der Waals surface area contributed by atoms with Crippen molar-refractivity contribution in [1.29, 1.82) is 0 Å². The molecule has 0 spiro atoms. The molecule has 220 valence electrons. The van der Waals surface area contributed by atoms with Crippen LogP contribution in [0.2, 0.25) is 0 Å². The van der Waals surface area contributed by atoms with Crippen molar-refractivity contribution in [2.75, 3.05) is 6.61 Å². The van der Waals surface area contributed by atoms with Gasteiger partial charge in [-0.15, -0.1) is 6.58 Å². The van der Waals surface area contributed by atoms with Crippen LogP contribution in [0.4, 0.5) is 0 Å². The van der Waals surface area contributed by atoms with Crippen molar-refractivity contribution in [3.05, 3.63) is 88.2 Å². The highest BCUT2D eigenvalue weighted by Gasteiger charge is 2.55. The first kappa shape index (κ1) is 30.4. The number of aromatic nitrogens is 2. The Balaban J connectivity index is 1.65. The molecule has 4 rings (SSSR count). The lowest BCUT2D eigenvalue weighted by atomic mass is 9.96. The minimum absolute atomic E-state index is 0.182.